The van der Waals surface area contributed by atoms with Crippen LogP contribution in [0.25, 0.3) is 0 Å². The third kappa shape index (κ3) is 2.45. The lowest BCUT2D eigenvalue weighted by Crippen LogP contribution is -2.41. The Balaban J connectivity index is 2.79. The van der Waals surface area contributed by atoms with Crippen LogP contribution in [0.4, 0.5) is 0 Å². The molecule has 0 atom stereocenters. The summed E-state index contributed by atoms with van der Waals surface area (Å²) in [5.41, 5.74) is 5.54. The van der Waals surface area contributed by atoms with Crippen molar-refractivity contribution in [3.05, 3.63) is 11.8 Å². The average Bonchev–Trinajstić information content (AvgIpc) is 2.20. The lowest BCUT2D eigenvalue weighted by Gasteiger charge is -2.32. The van der Waals surface area contributed by atoms with Crippen LogP contribution in [0.1, 0.15) is 27.7 Å². The summed E-state index contributed by atoms with van der Waals surface area (Å²) >= 11 is 0. The SMILES string of the molecule is CN(N)/C=C(\N)B1OC(C)(C)C(C)(C)O1. The van der Waals surface area contributed by atoms with E-state index in [1.807, 2.05) is 27.7 Å². The number of rotatable bonds is 2. The highest BCUT2D eigenvalue weighted by Gasteiger charge is 2.52. The van der Waals surface area contributed by atoms with E-state index in [1.165, 1.54) is 5.01 Å². The third-order valence-electron chi connectivity index (χ3n) is 2.88. The van der Waals surface area contributed by atoms with Gasteiger partial charge in [-0.15, -0.1) is 0 Å². The summed E-state index contributed by atoms with van der Waals surface area (Å²) in [4.78, 5) is 0. The van der Waals surface area contributed by atoms with Gasteiger partial charge in [0, 0.05) is 13.2 Å². The normalized spacial score (nSPS) is 24.4. The summed E-state index contributed by atoms with van der Waals surface area (Å²) in [6, 6.07) is 0. The summed E-state index contributed by atoms with van der Waals surface area (Å²) in [5.74, 6) is 5.46. The largest absolute Gasteiger partial charge is 0.513 e. The van der Waals surface area contributed by atoms with Crippen molar-refractivity contribution in [3.8, 4) is 0 Å². The predicted octanol–water partition coefficient (Wildman–Crippen LogP) is 0.223. The van der Waals surface area contributed by atoms with E-state index in [4.69, 9.17) is 20.9 Å². The van der Waals surface area contributed by atoms with Crippen molar-refractivity contribution < 1.29 is 9.31 Å². The van der Waals surface area contributed by atoms with Crippen LogP contribution in [0.3, 0.4) is 0 Å². The summed E-state index contributed by atoms with van der Waals surface area (Å²) in [6.07, 6.45) is 1.59. The summed E-state index contributed by atoms with van der Waals surface area (Å²) in [7, 11) is 1.17. The molecule has 1 fully saturated rings. The standard InChI is InChI=1S/C9H20BN3O2/c1-8(2)9(3,4)15-10(14-8)7(11)6-13(5)12/h6H,11-12H2,1-5H3/b7-6-. The Labute approximate surface area is 91.5 Å². The maximum Gasteiger partial charge on any atom is 0.513 e. The van der Waals surface area contributed by atoms with Gasteiger partial charge in [0.1, 0.15) is 0 Å². The van der Waals surface area contributed by atoms with E-state index in [1.54, 1.807) is 13.2 Å². The molecule has 0 aromatic carbocycles. The Kier molecular flexibility index (Phi) is 3.05. The maximum absolute atomic E-state index is 5.81. The van der Waals surface area contributed by atoms with E-state index >= 15 is 0 Å². The van der Waals surface area contributed by atoms with Crippen molar-refractivity contribution >= 4 is 7.12 Å². The Morgan fingerprint density at radius 1 is 1.20 bits per heavy atom. The van der Waals surface area contributed by atoms with Crippen LogP contribution in [0, 0.1) is 0 Å². The first-order valence-corrected chi connectivity index (χ1v) is 4.96. The van der Waals surface area contributed by atoms with Gasteiger partial charge in [-0.3, -0.25) is 0 Å². The lowest BCUT2D eigenvalue weighted by molar-refractivity contribution is 0.00578. The third-order valence-corrected chi connectivity index (χ3v) is 2.88. The molecule has 0 spiro atoms. The van der Waals surface area contributed by atoms with Gasteiger partial charge in [-0.25, -0.2) is 5.84 Å². The van der Waals surface area contributed by atoms with E-state index in [0.29, 0.717) is 5.60 Å². The molecule has 0 saturated carbocycles. The highest BCUT2D eigenvalue weighted by atomic mass is 16.7. The molecule has 1 heterocycles. The second-order valence-electron chi connectivity index (χ2n) is 4.88. The first-order chi connectivity index (χ1) is 6.66. The van der Waals surface area contributed by atoms with Gasteiger partial charge in [0.25, 0.3) is 0 Å². The number of hydrogen-bond donors (Lipinski definition) is 2. The molecule has 5 nitrogen and oxygen atoms in total. The minimum atomic E-state index is -0.527. The van der Waals surface area contributed by atoms with Crippen molar-refractivity contribution in [2.75, 3.05) is 7.05 Å². The van der Waals surface area contributed by atoms with Gasteiger partial charge in [0.05, 0.1) is 16.8 Å². The monoisotopic (exact) mass is 213 g/mol. The van der Waals surface area contributed by atoms with Crippen molar-refractivity contribution in [2.45, 2.75) is 38.9 Å². The van der Waals surface area contributed by atoms with E-state index in [2.05, 4.69) is 0 Å². The molecule has 0 radical (unpaired) electrons. The molecule has 86 valence electrons. The number of nitrogens with two attached hydrogens (primary N) is 2. The van der Waals surface area contributed by atoms with Crippen molar-refractivity contribution in [1.29, 1.82) is 0 Å². The van der Waals surface area contributed by atoms with Crippen LogP contribution in [0.5, 0.6) is 0 Å². The second kappa shape index (κ2) is 3.70. The summed E-state index contributed by atoms with van der Waals surface area (Å²) < 4.78 is 11.5. The molecular weight excluding hydrogens is 193 g/mol. The van der Waals surface area contributed by atoms with Crippen LogP contribution in [0.2, 0.25) is 0 Å². The number of hydrazine groups is 1. The van der Waals surface area contributed by atoms with Gasteiger partial charge in [-0.05, 0) is 27.7 Å². The second-order valence-corrected chi connectivity index (χ2v) is 4.88. The summed E-state index contributed by atoms with van der Waals surface area (Å²) in [6.45, 7) is 7.91. The van der Waals surface area contributed by atoms with Crippen LogP contribution >= 0.6 is 0 Å². The lowest BCUT2D eigenvalue weighted by atomic mass is 9.85. The van der Waals surface area contributed by atoms with Crippen LogP contribution in [-0.2, 0) is 9.31 Å². The zero-order valence-corrected chi connectivity index (χ0v) is 10.1. The zero-order valence-electron chi connectivity index (χ0n) is 10.1. The van der Waals surface area contributed by atoms with Gasteiger partial charge in [-0.1, -0.05) is 0 Å². The van der Waals surface area contributed by atoms with Crippen LogP contribution in [-0.4, -0.2) is 30.4 Å². The van der Waals surface area contributed by atoms with Crippen LogP contribution in [0.15, 0.2) is 11.8 Å². The molecule has 0 aromatic heterocycles. The molecular formula is C9H20BN3O2. The highest BCUT2D eigenvalue weighted by Crippen LogP contribution is 2.37. The molecule has 15 heavy (non-hydrogen) atoms. The van der Waals surface area contributed by atoms with E-state index < -0.39 is 7.12 Å². The zero-order chi connectivity index (χ0) is 11.9. The quantitative estimate of drug-likeness (QED) is 0.390. The van der Waals surface area contributed by atoms with Gasteiger partial charge in [-0.2, -0.15) is 0 Å². The molecule has 6 heteroatoms. The molecule has 0 aromatic rings. The molecule has 1 aliphatic heterocycles. The fraction of sp³-hybridized carbons (Fsp3) is 0.778. The van der Waals surface area contributed by atoms with E-state index in [9.17, 15) is 0 Å². The molecule has 0 aliphatic carbocycles. The fourth-order valence-corrected chi connectivity index (χ4v) is 1.28. The fourth-order valence-electron chi connectivity index (χ4n) is 1.28. The molecule has 1 aliphatic rings. The molecule has 1 rings (SSSR count). The van der Waals surface area contributed by atoms with Gasteiger partial charge in [0.2, 0.25) is 0 Å². The van der Waals surface area contributed by atoms with Crippen molar-refractivity contribution in [2.24, 2.45) is 11.6 Å². The molecule has 0 bridgehead atoms. The minimum Gasteiger partial charge on any atom is -0.404 e. The van der Waals surface area contributed by atoms with Gasteiger partial charge >= 0.3 is 7.12 Å². The number of hydrogen-bond acceptors (Lipinski definition) is 5. The predicted molar refractivity (Wildman–Crippen MR) is 60.3 cm³/mol. The van der Waals surface area contributed by atoms with Crippen molar-refractivity contribution in [1.82, 2.24) is 5.01 Å². The smallest absolute Gasteiger partial charge is 0.404 e. The average molecular weight is 213 g/mol. The minimum absolute atomic E-state index is 0.372. The maximum atomic E-state index is 5.81. The van der Waals surface area contributed by atoms with E-state index in [-0.39, 0.29) is 11.2 Å². The van der Waals surface area contributed by atoms with Crippen LogP contribution < -0.4 is 11.6 Å². The Bertz CT molecular complexity index is 261. The highest BCUT2D eigenvalue weighted by molar-refractivity contribution is 6.54. The topological polar surface area (TPSA) is 73.7 Å². The van der Waals surface area contributed by atoms with Crippen molar-refractivity contribution in [3.63, 3.8) is 0 Å². The molecule has 0 unspecified atom stereocenters. The Morgan fingerprint density at radius 3 is 1.93 bits per heavy atom. The number of nitrogens with zero attached hydrogens (tertiary/aromatic N) is 1. The molecule has 0 amide bonds. The molecule has 1 saturated heterocycles. The first kappa shape index (κ1) is 12.4. The van der Waals surface area contributed by atoms with Gasteiger partial charge < -0.3 is 20.1 Å². The van der Waals surface area contributed by atoms with E-state index in [0.717, 1.165) is 0 Å². The Morgan fingerprint density at radius 2 is 1.60 bits per heavy atom. The first-order valence-electron chi connectivity index (χ1n) is 4.96. The Hall–Kier alpha value is -0.715. The molecule has 4 N–H and O–H groups in total. The summed E-state index contributed by atoms with van der Waals surface area (Å²) in [5, 5.41) is 1.38. The van der Waals surface area contributed by atoms with Gasteiger partial charge in [0.15, 0.2) is 0 Å².